The van der Waals surface area contributed by atoms with Gasteiger partial charge in [0.2, 0.25) is 0 Å². The molecule has 1 saturated heterocycles. The summed E-state index contributed by atoms with van der Waals surface area (Å²) in [6.07, 6.45) is 2.26. The summed E-state index contributed by atoms with van der Waals surface area (Å²) in [5.41, 5.74) is 0. The lowest BCUT2D eigenvalue weighted by atomic mass is 10.4. The molecule has 1 saturated carbocycles. The molecule has 0 radical (unpaired) electrons. The molecule has 0 unspecified atom stereocenters. The van der Waals surface area contributed by atoms with E-state index in [1.54, 1.807) is 0 Å². The van der Waals surface area contributed by atoms with E-state index < -0.39 is 0 Å². The first kappa shape index (κ1) is 7.40. The summed E-state index contributed by atoms with van der Waals surface area (Å²) in [6.45, 7) is 0.773. The fraction of sp³-hybridized carbons (Fsp3) is 0.857. The van der Waals surface area contributed by atoms with Crippen molar-refractivity contribution in [1.82, 2.24) is 4.90 Å². The van der Waals surface area contributed by atoms with Crippen LogP contribution in [-0.2, 0) is 4.74 Å². The van der Waals surface area contributed by atoms with Crippen LogP contribution in [0.3, 0.4) is 0 Å². The number of halogens is 1. The van der Waals surface area contributed by atoms with Gasteiger partial charge in [0.25, 0.3) is 0 Å². The van der Waals surface area contributed by atoms with E-state index in [1.807, 2.05) is 4.90 Å². The lowest BCUT2D eigenvalue weighted by molar-refractivity contribution is 0.139. The van der Waals surface area contributed by atoms with Gasteiger partial charge >= 0.3 is 6.09 Å². The maximum absolute atomic E-state index is 11.1. The van der Waals surface area contributed by atoms with Gasteiger partial charge in [0.05, 0.1) is 6.54 Å². The average molecular weight is 220 g/mol. The molecule has 1 aliphatic heterocycles. The van der Waals surface area contributed by atoms with Crippen LogP contribution in [0.5, 0.6) is 0 Å². The van der Waals surface area contributed by atoms with Gasteiger partial charge in [0, 0.05) is 11.4 Å². The number of ether oxygens (including phenoxy) is 1. The Hall–Kier alpha value is -0.250. The van der Waals surface area contributed by atoms with Gasteiger partial charge in [-0.1, -0.05) is 15.9 Å². The average Bonchev–Trinajstić information content (AvgIpc) is 2.76. The van der Waals surface area contributed by atoms with Gasteiger partial charge < -0.3 is 9.64 Å². The summed E-state index contributed by atoms with van der Waals surface area (Å²) in [4.78, 5) is 12.9. The van der Waals surface area contributed by atoms with E-state index in [1.165, 1.54) is 0 Å². The second kappa shape index (κ2) is 2.66. The fourth-order valence-electron chi connectivity index (χ4n) is 1.31. The highest BCUT2D eigenvalue weighted by Gasteiger charge is 2.40. The van der Waals surface area contributed by atoms with Gasteiger partial charge in [-0.3, -0.25) is 0 Å². The molecule has 11 heavy (non-hydrogen) atoms. The Morgan fingerprint density at radius 1 is 1.64 bits per heavy atom. The third-order valence-electron chi connectivity index (χ3n) is 2.06. The second-order valence-corrected chi connectivity index (χ2v) is 3.69. The molecule has 0 bridgehead atoms. The van der Waals surface area contributed by atoms with Crippen molar-refractivity contribution in [1.29, 1.82) is 0 Å². The maximum atomic E-state index is 11.1. The molecule has 0 N–H and O–H groups in total. The molecule has 62 valence electrons. The topological polar surface area (TPSA) is 29.5 Å². The molecule has 2 aliphatic rings. The Bertz CT molecular complexity index is 181. The number of carbonyl (C=O) groups excluding carboxylic acids is 1. The first-order valence-electron chi connectivity index (χ1n) is 3.84. The minimum absolute atomic E-state index is 0.0723. The standard InChI is InChI=1S/C7H10BrNO2/c8-3-6-4-9(5-1-2-5)7(10)11-6/h5-6H,1-4H2/t6-/m1/s1. The van der Waals surface area contributed by atoms with Crippen molar-refractivity contribution in [3.63, 3.8) is 0 Å². The molecule has 3 nitrogen and oxygen atoms in total. The Kier molecular flexibility index (Phi) is 1.79. The Balaban J connectivity index is 1.96. The summed E-state index contributed by atoms with van der Waals surface area (Å²) in [6, 6.07) is 0.492. The zero-order valence-electron chi connectivity index (χ0n) is 6.12. The molecule has 0 aromatic heterocycles. The molecule has 4 heteroatoms. The van der Waals surface area contributed by atoms with Gasteiger partial charge in [-0.05, 0) is 12.8 Å². The van der Waals surface area contributed by atoms with Crippen LogP contribution in [0.4, 0.5) is 4.79 Å². The maximum Gasteiger partial charge on any atom is 0.410 e. The van der Waals surface area contributed by atoms with Crippen LogP contribution in [-0.4, -0.2) is 35.0 Å². The number of hydrogen-bond acceptors (Lipinski definition) is 2. The van der Waals surface area contributed by atoms with Crippen LogP contribution >= 0.6 is 15.9 Å². The van der Waals surface area contributed by atoms with E-state index in [-0.39, 0.29) is 12.2 Å². The van der Waals surface area contributed by atoms with E-state index >= 15 is 0 Å². The van der Waals surface area contributed by atoms with Crippen LogP contribution in [0.2, 0.25) is 0 Å². The number of alkyl halides is 1. The molecule has 2 fully saturated rings. The molecule has 1 amide bonds. The Labute approximate surface area is 73.8 Å². The number of hydrogen-bond donors (Lipinski definition) is 0. The largest absolute Gasteiger partial charge is 0.443 e. The summed E-state index contributed by atoms with van der Waals surface area (Å²) < 4.78 is 5.06. The molecule has 1 atom stereocenters. The van der Waals surface area contributed by atoms with Crippen LogP contribution < -0.4 is 0 Å². The molecule has 0 spiro atoms. The van der Waals surface area contributed by atoms with Gasteiger partial charge in [-0.25, -0.2) is 4.79 Å². The lowest BCUT2D eigenvalue weighted by Crippen LogP contribution is -2.27. The highest BCUT2D eigenvalue weighted by molar-refractivity contribution is 9.09. The third-order valence-corrected chi connectivity index (χ3v) is 2.78. The van der Waals surface area contributed by atoms with Crippen LogP contribution in [0, 0.1) is 0 Å². The molecular formula is C7H10BrNO2. The number of amides is 1. The van der Waals surface area contributed by atoms with Crippen molar-refractivity contribution in [3.05, 3.63) is 0 Å². The number of nitrogens with zero attached hydrogens (tertiary/aromatic N) is 1. The van der Waals surface area contributed by atoms with E-state index in [0.717, 1.165) is 24.7 Å². The molecule has 1 heterocycles. The van der Waals surface area contributed by atoms with Gasteiger partial charge in [0.15, 0.2) is 0 Å². The normalized spacial score (nSPS) is 30.8. The van der Waals surface area contributed by atoms with Gasteiger partial charge in [-0.15, -0.1) is 0 Å². The van der Waals surface area contributed by atoms with Crippen LogP contribution in [0.1, 0.15) is 12.8 Å². The SMILES string of the molecule is O=C1O[C@H](CBr)CN1C1CC1. The Morgan fingerprint density at radius 2 is 2.36 bits per heavy atom. The van der Waals surface area contributed by atoms with E-state index in [2.05, 4.69) is 15.9 Å². The van der Waals surface area contributed by atoms with Gasteiger partial charge in [0.1, 0.15) is 6.10 Å². The highest BCUT2D eigenvalue weighted by atomic mass is 79.9. The fourth-order valence-corrected chi connectivity index (χ4v) is 1.64. The molecule has 0 aromatic rings. The molecule has 0 aromatic carbocycles. The van der Waals surface area contributed by atoms with Crippen molar-refractivity contribution < 1.29 is 9.53 Å². The van der Waals surface area contributed by atoms with E-state index in [9.17, 15) is 4.79 Å². The first-order chi connectivity index (χ1) is 5.31. The zero-order valence-corrected chi connectivity index (χ0v) is 7.71. The Morgan fingerprint density at radius 3 is 2.82 bits per heavy atom. The number of carbonyl (C=O) groups is 1. The van der Waals surface area contributed by atoms with E-state index in [0.29, 0.717) is 6.04 Å². The van der Waals surface area contributed by atoms with E-state index in [4.69, 9.17) is 4.74 Å². The molecular weight excluding hydrogens is 210 g/mol. The second-order valence-electron chi connectivity index (χ2n) is 3.04. The monoisotopic (exact) mass is 219 g/mol. The predicted octanol–water partition coefficient (Wildman–Crippen LogP) is 1.36. The minimum Gasteiger partial charge on any atom is -0.443 e. The summed E-state index contributed by atoms with van der Waals surface area (Å²) in [5.74, 6) is 0. The van der Waals surface area contributed by atoms with Crippen LogP contribution in [0.15, 0.2) is 0 Å². The minimum atomic E-state index is -0.128. The number of cyclic esters (lactones) is 1. The summed E-state index contributed by atoms with van der Waals surface area (Å²) >= 11 is 3.30. The van der Waals surface area contributed by atoms with Crippen molar-refractivity contribution in [2.45, 2.75) is 25.0 Å². The first-order valence-corrected chi connectivity index (χ1v) is 4.96. The predicted molar refractivity (Wildman–Crippen MR) is 43.8 cm³/mol. The zero-order chi connectivity index (χ0) is 7.84. The smallest absolute Gasteiger partial charge is 0.410 e. The van der Waals surface area contributed by atoms with Crippen molar-refractivity contribution >= 4 is 22.0 Å². The van der Waals surface area contributed by atoms with Crippen LogP contribution in [0.25, 0.3) is 0 Å². The summed E-state index contributed by atoms with van der Waals surface area (Å²) in [7, 11) is 0. The van der Waals surface area contributed by atoms with Crippen molar-refractivity contribution in [3.8, 4) is 0 Å². The highest BCUT2D eigenvalue weighted by Crippen LogP contribution is 2.30. The van der Waals surface area contributed by atoms with Crippen molar-refractivity contribution in [2.75, 3.05) is 11.9 Å². The lowest BCUT2D eigenvalue weighted by Gasteiger charge is -2.09. The van der Waals surface area contributed by atoms with Gasteiger partial charge in [-0.2, -0.15) is 0 Å². The van der Waals surface area contributed by atoms with Crippen molar-refractivity contribution in [2.24, 2.45) is 0 Å². The molecule has 1 aliphatic carbocycles. The summed E-state index contributed by atoms with van der Waals surface area (Å²) in [5, 5.41) is 0.752. The third kappa shape index (κ3) is 1.36. The quantitative estimate of drug-likeness (QED) is 0.657. The molecule has 2 rings (SSSR count). The number of rotatable bonds is 2.